The monoisotopic (exact) mass is 277 g/mol. The van der Waals surface area contributed by atoms with Gasteiger partial charge in [0, 0.05) is 6.04 Å². The topological polar surface area (TPSA) is 61.5 Å². The molecule has 0 saturated carbocycles. The van der Waals surface area contributed by atoms with Crippen molar-refractivity contribution in [2.45, 2.75) is 51.7 Å². The van der Waals surface area contributed by atoms with Crippen molar-refractivity contribution in [1.29, 1.82) is 0 Å². The molecule has 1 aromatic carbocycles. The third-order valence-electron chi connectivity index (χ3n) is 3.68. The molecule has 4 nitrogen and oxygen atoms in total. The van der Waals surface area contributed by atoms with Crippen molar-refractivity contribution < 1.29 is 14.3 Å². The molecule has 0 radical (unpaired) electrons. The minimum atomic E-state index is -0.548. The Labute approximate surface area is 120 Å². The van der Waals surface area contributed by atoms with Crippen LogP contribution in [-0.4, -0.2) is 18.7 Å². The van der Waals surface area contributed by atoms with Gasteiger partial charge in [-0.15, -0.1) is 0 Å². The minimum Gasteiger partial charge on any atom is -0.479 e. The summed E-state index contributed by atoms with van der Waals surface area (Å²) in [4.78, 5) is 11.8. The zero-order valence-corrected chi connectivity index (χ0v) is 12.2. The van der Waals surface area contributed by atoms with Crippen molar-refractivity contribution in [3.05, 3.63) is 29.3 Å². The van der Waals surface area contributed by atoms with E-state index in [1.54, 1.807) is 6.92 Å². The molecule has 0 aromatic heterocycles. The first kappa shape index (κ1) is 14.9. The zero-order chi connectivity index (χ0) is 14.5. The number of rotatable bonds is 5. The van der Waals surface area contributed by atoms with Crippen LogP contribution < -0.4 is 10.5 Å². The molecule has 4 heteroatoms. The lowest BCUT2D eigenvalue weighted by Crippen LogP contribution is -2.29. The normalized spacial score (nSPS) is 19.1. The molecule has 0 saturated heterocycles. The van der Waals surface area contributed by atoms with Crippen LogP contribution >= 0.6 is 0 Å². The molecule has 110 valence electrons. The largest absolute Gasteiger partial charge is 0.479 e. The minimum absolute atomic E-state index is 0.0740. The SMILES string of the molecule is CCOC(=O)C(CC)Oc1ccc2c(c1)[C@@H](N)CCC2. The molecular formula is C16H23NO3. The number of hydrogen-bond acceptors (Lipinski definition) is 4. The second-order valence-electron chi connectivity index (χ2n) is 5.13. The number of carbonyl (C=O) groups excluding carboxylic acids is 1. The van der Waals surface area contributed by atoms with E-state index in [4.69, 9.17) is 15.2 Å². The third kappa shape index (κ3) is 3.31. The molecule has 0 heterocycles. The van der Waals surface area contributed by atoms with E-state index in [9.17, 15) is 4.79 Å². The van der Waals surface area contributed by atoms with Crippen molar-refractivity contribution in [3.63, 3.8) is 0 Å². The summed E-state index contributed by atoms with van der Waals surface area (Å²) in [5.74, 6) is 0.387. The van der Waals surface area contributed by atoms with Gasteiger partial charge in [-0.05, 0) is 55.9 Å². The van der Waals surface area contributed by atoms with Crippen molar-refractivity contribution in [1.82, 2.24) is 0 Å². The van der Waals surface area contributed by atoms with E-state index in [-0.39, 0.29) is 12.0 Å². The highest BCUT2D eigenvalue weighted by molar-refractivity contribution is 5.75. The fraction of sp³-hybridized carbons (Fsp3) is 0.562. The molecule has 0 bridgehead atoms. The second-order valence-corrected chi connectivity index (χ2v) is 5.13. The number of hydrogen-bond donors (Lipinski definition) is 1. The molecule has 1 aliphatic rings. The van der Waals surface area contributed by atoms with Gasteiger partial charge in [0.05, 0.1) is 6.61 Å². The van der Waals surface area contributed by atoms with E-state index >= 15 is 0 Å². The maximum absolute atomic E-state index is 11.8. The molecule has 0 amide bonds. The van der Waals surface area contributed by atoms with E-state index in [1.807, 2.05) is 19.1 Å². The van der Waals surface area contributed by atoms with E-state index in [1.165, 1.54) is 5.56 Å². The highest BCUT2D eigenvalue weighted by atomic mass is 16.6. The lowest BCUT2D eigenvalue weighted by molar-refractivity contribution is -0.151. The van der Waals surface area contributed by atoms with E-state index in [2.05, 4.69) is 6.07 Å². The molecule has 0 aliphatic heterocycles. The highest BCUT2D eigenvalue weighted by Gasteiger charge is 2.22. The van der Waals surface area contributed by atoms with Gasteiger partial charge in [-0.2, -0.15) is 0 Å². The van der Waals surface area contributed by atoms with Crippen LogP contribution in [0, 0.1) is 0 Å². The summed E-state index contributed by atoms with van der Waals surface area (Å²) < 4.78 is 10.8. The Kier molecular flexibility index (Phi) is 5.01. The van der Waals surface area contributed by atoms with E-state index in [0.29, 0.717) is 18.8 Å². The molecule has 2 rings (SSSR count). The average molecular weight is 277 g/mol. The van der Waals surface area contributed by atoms with Crippen molar-refractivity contribution in [3.8, 4) is 5.75 Å². The lowest BCUT2D eigenvalue weighted by atomic mass is 9.88. The molecule has 1 aromatic rings. The highest BCUT2D eigenvalue weighted by Crippen LogP contribution is 2.31. The first-order valence-electron chi connectivity index (χ1n) is 7.37. The zero-order valence-electron chi connectivity index (χ0n) is 12.2. The van der Waals surface area contributed by atoms with Crippen molar-refractivity contribution in [2.75, 3.05) is 6.61 Å². The summed E-state index contributed by atoms with van der Waals surface area (Å²) in [6.07, 6.45) is 3.24. The number of aryl methyl sites for hydroxylation is 1. The summed E-state index contributed by atoms with van der Waals surface area (Å²) in [5, 5.41) is 0. The number of esters is 1. The molecule has 2 N–H and O–H groups in total. The lowest BCUT2D eigenvalue weighted by Gasteiger charge is -2.24. The van der Waals surface area contributed by atoms with Crippen molar-refractivity contribution >= 4 is 5.97 Å². The first-order chi connectivity index (χ1) is 9.65. The molecular weight excluding hydrogens is 254 g/mol. The predicted molar refractivity (Wildman–Crippen MR) is 77.6 cm³/mol. The standard InChI is InChI=1S/C16H23NO3/c1-3-15(16(18)19-4-2)20-12-9-8-11-6-5-7-14(17)13(11)10-12/h8-10,14-15H,3-7,17H2,1-2H3/t14-,15?/m0/s1. The Morgan fingerprint density at radius 3 is 2.95 bits per heavy atom. The quantitative estimate of drug-likeness (QED) is 0.841. The fourth-order valence-corrected chi connectivity index (χ4v) is 2.58. The first-order valence-corrected chi connectivity index (χ1v) is 7.37. The van der Waals surface area contributed by atoms with E-state index in [0.717, 1.165) is 24.8 Å². The van der Waals surface area contributed by atoms with Crippen molar-refractivity contribution in [2.24, 2.45) is 5.73 Å². The summed E-state index contributed by atoms with van der Waals surface area (Å²) in [5.41, 5.74) is 8.58. The maximum Gasteiger partial charge on any atom is 0.347 e. The van der Waals surface area contributed by atoms with Crippen LogP contribution in [0.4, 0.5) is 0 Å². The molecule has 0 fully saturated rings. The summed E-state index contributed by atoms with van der Waals surface area (Å²) >= 11 is 0. The van der Waals surface area contributed by atoms with Crippen LogP contribution in [0.5, 0.6) is 5.75 Å². The van der Waals surface area contributed by atoms with Crippen LogP contribution in [0.25, 0.3) is 0 Å². The van der Waals surface area contributed by atoms with Gasteiger partial charge in [0.15, 0.2) is 6.10 Å². The van der Waals surface area contributed by atoms with Crippen LogP contribution in [0.15, 0.2) is 18.2 Å². The molecule has 1 aliphatic carbocycles. The molecule has 0 spiro atoms. The third-order valence-corrected chi connectivity index (χ3v) is 3.68. The summed E-state index contributed by atoms with van der Waals surface area (Å²) in [7, 11) is 0. The Bertz CT molecular complexity index is 473. The number of benzene rings is 1. The summed E-state index contributed by atoms with van der Waals surface area (Å²) in [6, 6.07) is 6.02. The average Bonchev–Trinajstić information content (AvgIpc) is 2.45. The fourth-order valence-electron chi connectivity index (χ4n) is 2.58. The van der Waals surface area contributed by atoms with E-state index < -0.39 is 6.10 Å². The number of ether oxygens (including phenoxy) is 2. The van der Waals surface area contributed by atoms with Gasteiger partial charge >= 0.3 is 5.97 Å². The van der Waals surface area contributed by atoms with Gasteiger partial charge in [-0.3, -0.25) is 0 Å². The smallest absolute Gasteiger partial charge is 0.347 e. The molecule has 2 atom stereocenters. The summed E-state index contributed by atoms with van der Waals surface area (Å²) in [6.45, 7) is 4.07. The van der Waals surface area contributed by atoms with Gasteiger partial charge in [0.2, 0.25) is 0 Å². The van der Waals surface area contributed by atoms with Gasteiger partial charge < -0.3 is 15.2 Å². The Morgan fingerprint density at radius 2 is 2.25 bits per heavy atom. The van der Waals surface area contributed by atoms with Crippen LogP contribution in [0.1, 0.15) is 50.3 Å². The van der Waals surface area contributed by atoms with Crippen LogP contribution in [0.3, 0.4) is 0 Å². The Balaban J connectivity index is 2.13. The van der Waals surface area contributed by atoms with Crippen LogP contribution in [-0.2, 0) is 16.0 Å². The number of carbonyl (C=O) groups is 1. The van der Waals surface area contributed by atoms with Crippen LogP contribution in [0.2, 0.25) is 0 Å². The Morgan fingerprint density at radius 1 is 1.45 bits per heavy atom. The van der Waals surface area contributed by atoms with Gasteiger partial charge in [-0.1, -0.05) is 13.0 Å². The maximum atomic E-state index is 11.8. The number of nitrogens with two attached hydrogens (primary N) is 1. The Hall–Kier alpha value is -1.55. The number of fused-ring (bicyclic) bond motifs is 1. The predicted octanol–water partition coefficient (Wildman–Crippen LogP) is 2.74. The van der Waals surface area contributed by atoms with Gasteiger partial charge in [0.1, 0.15) is 5.75 Å². The van der Waals surface area contributed by atoms with Gasteiger partial charge in [0.25, 0.3) is 0 Å². The molecule has 1 unspecified atom stereocenters. The van der Waals surface area contributed by atoms with Gasteiger partial charge in [-0.25, -0.2) is 4.79 Å². The second kappa shape index (κ2) is 6.75. The molecule has 20 heavy (non-hydrogen) atoms.